The number of hydrogen-bond acceptors (Lipinski definition) is 0. The largest absolute Gasteiger partial charge is 0.246 e. The molecule has 0 bridgehead atoms. The van der Waals surface area contributed by atoms with Crippen molar-refractivity contribution in [2.75, 3.05) is 0 Å². The summed E-state index contributed by atoms with van der Waals surface area (Å²) in [5.41, 5.74) is 12.9. The number of hydrogen-bond donors (Lipinski definition) is 0. The van der Waals surface area contributed by atoms with E-state index in [4.69, 9.17) is 0 Å². The van der Waals surface area contributed by atoms with Crippen LogP contribution < -0.4 is 0 Å². The summed E-state index contributed by atoms with van der Waals surface area (Å²) in [4.78, 5) is 0. The lowest BCUT2D eigenvalue weighted by Crippen LogP contribution is -1.94. The number of aryl methyl sites for hydroxylation is 2. The third kappa shape index (κ3) is 4.89. The second kappa shape index (κ2) is 12.1. The minimum absolute atomic E-state index is 0.463. The van der Waals surface area contributed by atoms with Gasteiger partial charge in [0.2, 0.25) is 0 Å². The molecule has 0 atom stereocenters. The summed E-state index contributed by atoms with van der Waals surface area (Å²) in [6, 6.07) is 59.1. The summed E-state index contributed by atoms with van der Waals surface area (Å²) in [7, 11) is 0. The van der Waals surface area contributed by atoms with Crippen LogP contribution in [0.25, 0.3) is 87.6 Å². The highest BCUT2D eigenvalue weighted by atomic mass is 19.1. The molecule has 0 radical (unpaired) electrons. The fourth-order valence-electron chi connectivity index (χ4n) is 8.05. The van der Waals surface area contributed by atoms with Crippen LogP contribution in [-0.2, 0) is 6.67 Å². The Bertz CT molecular complexity index is 2620. The Balaban J connectivity index is 1.34. The van der Waals surface area contributed by atoms with Gasteiger partial charge >= 0.3 is 0 Å². The zero-order chi connectivity index (χ0) is 33.8. The third-order valence-electron chi connectivity index (χ3n) is 10.3. The summed E-state index contributed by atoms with van der Waals surface area (Å²) in [6.07, 6.45) is 0. The van der Waals surface area contributed by atoms with E-state index in [0.717, 1.165) is 5.56 Å². The predicted molar refractivity (Wildman–Crippen MR) is 212 cm³/mol. The average molecular weight is 643 g/mol. The lowest BCUT2D eigenvalue weighted by atomic mass is 9.83. The van der Waals surface area contributed by atoms with Crippen molar-refractivity contribution in [3.63, 3.8) is 0 Å². The molecule has 0 heterocycles. The van der Waals surface area contributed by atoms with E-state index >= 15 is 0 Å². The maximum Gasteiger partial charge on any atom is 0.115 e. The van der Waals surface area contributed by atoms with Gasteiger partial charge in [0.1, 0.15) is 6.67 Å². The Morgan fingerprint density at radius 2 is 0.620 bits per heavy atom. The van der Waals surface area contributed by atoms with Gasteiger partial charge in [-0.15, -0.1) is 0 Å². The average Bonchev–Trinajstić information content (AvgIpc) is 3.16. The van der Waals surface area contributed by atoms with Crippen LogP contribution >= 0.6 is 0 Å². The van der Waals surface area contributed by atoms with Crippen LogP contribution in [0.15, 0.2) is 164 Å². The Morgan fingerprint density at radius 1 is 0.320 bits per heavy atom. The molecule has 50 heavy (non-hydrogen) atoms. The molecule has 0 saturated carbocycles. The van der Waals surface area contributed by atoms with E-state index < -0.39 is 6.67 Å². The van der Waals surface area contributed by atoms with Gasteiger partial charge in [0.05, 0.1) is 0 Å². The zero-order valence-corrected chi connectivity index (χ0v) is 28.2. The van der Waals surface area contributed by atoms with Gasteiger partial charge in [0.25, 0.3) is 0 Å². The smallest absolute Gasteiger partial charge is 0.115 e. The second-order valence-electron chi connectivity index (χ2n) is 13.5. The molecule has 0 unspecified atom stereocenters. The van der Waals surface area contributed by atoms with Gasteiger partial charge in [0, 0.05) is 0 Å². The molecular weight excluding hydrogens is 608 g/mol. The first-order chi connectivity index (χ1) is 24.6. The molecule has 0 aliphatic heterocycles. The maximum atomic E-state index is 13.5. The van der Waals surface area contributed by atoms with Crippen molar-refractivity contribution in [1.29, 1.82) is 0 Å². The van der Waals surface area contributed by atoms with Crippen LogP contribution in [0.4, 0.5) is 4.39 Å². The van der Waals surface area contributed by atoms with E-state index in [1.165, 1.54) is 93.2 Å². The lowest BCUT2D eigenvalue weighted by Gasteiger charge is -2.20. The molecule has 0 N–H and O–H groups in total. The highest BCUT2D eigenvalue weighted by Gasteiger charge is 2.20. The number of halogens is 1. The monoisotopic (exact) mass is 642 g/mol. The number of benzene rings is 9. The van der Waals surface area contributed by atoms with E-state index in [9.17, 15) is 4.39 Å². The molecule has 1 heteroatoms. The summed E-state index contributed by atoms with van der Waals surface area (Å²) in [6.45, 7) is 3.89. The van der Waals surface area contributed by atoms with Gasteiger partial charge in [-0.1, -0.05) is 163 Å². The Kier molecular flexibility index (Phi) is 7.29. The first kappa shape index (κ1) is 30.0. The minimum atomic E-state index is -0.463. The van der Waals surface area contributed by atoms with Crippen molar-refractivity contribution in [2.45, 2.75) is 20.5 Å². The molecule has 9 aromatic carbocycles. The highest BCUT2D eigenvalue weighted by molar-refractivity contribution is 6.23. The molecular formula is C49H35F. The van der Waals surface area contributed by atoms with E-state index in [-0.39, 0.29) is 0 Å². The van der Waals surface area contributed by atoms with Crippen molar-refractivity contribution in [3.8, 4) is 44.5 Å². The quantitative estimate of drug-likeness (QED) is 0.164. The van der Waals surface area contributed by atoms with E-state index in [0.29, 0.717) is 5.56 Å². The topological polar surface area (TPSA) is 0 Å². The highest BCUT2D eigenvalue weighted by Crippen LogP contribution is 2.47. The van der Waals surface area contributed by atoms with E-state index in [2.05, 4.69) is 166 Å². The van der Waals surface area contributed by atoms with Gasteiger partial charge in [0.15, 0.2) is 0 Å². The van der Waals surface area contributed by atoms with E-state index in [1.54, 1.807) is 0 Å². The van der Waals surface area contributed by atoms with Crippen LogP contribution in [0.3, 0.4) is 0 Å². The minimum Gasteiger partial charge on any atom is -0.246 e. The van der Waals surface area contributed by atoms with Crippen molar-refractivity contribution >= 4 is 43.1 Å². The molecule has 0 spiro atoms. The summed E-state index contributed by atoms with van der Waals surface area (Å²) < 4.78 is 13.5. The predicted octanol–water partition coefficient (Wildman–Crippen LogP) is 14.1. The molecule has 0 saturated heterocycles. The van der Waals surface area contributed by atoms with Crippen LogP contribution in [0.2, 0.25) is 0 Å². The molecule has 0 aliphatic rings. The Labute approximate surface area is 292 Å². The zero-order valence-electron chi connectivity index (χ0n) is 28.2. The molecule has 0 amide bonds. The maximum absolute atomic E-state index is 13.5. The van der Waals surface area contributed by atoms with Crippen molar-refractivity contribution in [3.05, 3.63) is 180 Å². The Hall–Kier alpha value is -6.05. The first-order valence-corrected chi connectivity index (χ1v) is 17.3. The lowest BCUT2D eigenvalue weighted by molar-refractivity contribution is 0.485. The fraction of sp³-hybridized carbons (Fsp3) is 0.0612. The van der Waals surface area contributed by atoms with Gasteiger partial charge in [-0.25, -0.2) is 4.39 Å². The normalized spacial score (nSPS) is 11.6. The van der Waals surface area contributed by atoms with Crippen molar-refractivity contribution < 1.29 is 4.39 Å². The number of fused-ring (bicyclic) bond motifs is 4. The van der Waals surface area contributed by atoms with Crippen LogP contribution in [0.1, 0.15) is 16.7 Å². The van der Waals surface area contributed by atoms with Gasteiger partial charge in [-0.05, 0) is 119 Å². The standard InChI is InChI=1S/C49H35F/c1-31-19-23-34(24-20-31)46-38-11-3-7-15-42(38)48(43-16-8-4-12-39(43)46)36-27-32(2)28-37(29-36)49-44-17-9-5-13-40(44)47(41-14-6-10-18-45(41)49)35-25-21-33(30-50)22-26-35/h3-29H,30H2,1-2H3. The third-order valence-corrected chi connectivity index (χ3v) is 10.3. The summed E-state index contributed by atoms with van der Waals surface area (Å²) in [5, 5.41) is 9.80. The molecule has 0 fully saturated rings. The van der Waals surface area contributed by atoms with Crippen molar-refractivity contribution in [1.82, 2.24) is 0 Å². The van der Waals surface area contributed by atoms with E-state index in [1.807, 2.05) is 12.1 Å². The Morgan fingerprint density at radius 3 is 0.940 bits per heavy atom. The molecule has 238 valence electrons. The molecule has 0 aliphatic carbocycles. The fourth-order valence-corrected chi connectivity index (χ4v) is 8.05. The molecule has 0 nitrogen and oxygen atoms in total. The first-order valence-electron chi connectivity index (χ1n) is 17.3. The number of rotatable bonds is 5. The summed E-state index contributed by atoms with van der Waals surface area (Å²) >= 11 is 0. The van der Waals surface area contributed by atoms with Gasteiger partial charge in [-0.2, -0.15) is 0 Å². The van der Waals surface area contributed by atoms with Crippen LogP contribution in [0, 0.1) is 13.8 Å². The number of alkyl halides is 1. The SMILES string of the molecule is Cc1ccc(-c2c3ccccc3c(-c3cc(C)cc(-c4c5ccccc5c(-c5ccc(CF)cc5)c5ccccc45)c3)c3ccccc23)cc1. The van der Waals surface area contributed by atoms with Gasteiger partial charge in [-0.3, -0.25) is 0 Å². The van der Waals surface area contributed by atoms with Crippen LogP contribution in [-0.4, -0.2) is 0 Å². The van der Waals surface area contributed by atoms with Crippen LogP contribution in [0.5, 0.6) is 0 Å². The molecule has 9 rings (SSSR count). The molecule has 0 aromatic heterocycles. The molecule has 9 aromatic rings. The summed E-state index contributed by atoms with van der Waals surface area (Å²) in [5.74, 6) is 0. The van der Waals surface area contributed by atoms with Crippen molar-refractivity contribution in [2.24, 2.45) is 0 Å². The van der Waals surface area contributed by atoms with Gasteiger partial charge < -0.3 is 0 Å². The second-order valence-corrected chi connectivity index (χ2v) is 13.5.